The molecule has 0 unspecified atom stereocenters. The lowest BCUT2D eigenvalue weighted by Crippen LogP contribution is -2.51. The molecule has 2 aliphatic heterocycles. The van der Waals surface area contributed by atoms with Gasteiger partial charge in [0, 0.05) is 5.57 Å². The number of aliphatic hydroxyl groups is 1. The molecule has 0 aromatic heterocycles. The van der Waals surface area contributed by atoms with Crippen LogP contribution in [0, 0.1) is 0 Å². The van der Waals surface area contributed by atoms with Crippen molar-refractivity contribution in [1.29, 1.82) is 0 Å². The van der Waals surface area contributed by atoms with Crippen molar-refractivity contribution in [1.82, 2.24) is 5.32 Å². The third-order valence-electron chi connectivity index (χ3n) is 4.45. The molecule has 5 heteroatoms. The Labute approximate surface area is 152 Å². The zero-order chi connectivity index (χ0) is 18.7. The van der Waals surface area contributed by atoms with E-state index in [2.05, 4.69) is 5.32 Å². The lowest BCUT2D eigenvalue weighted by Gasteiger charge is -2.23. The van der Waals surface area contributed by atoms with E-state index in [0.717, 1.165) is 12.0 Å². The minimum Gasteiger partial charge on any atom is -0.465 e. The molecule has 1 aromatic carbocycles. The highest BCUT2D eigenvalue weighted by Crippen LogP contribution is 2.40. The van der Waals surface area contributed by atoms with Crippen LogP contribution in [0.2, 0.25) is 0 Å². The average molecular weight is 351 g/mol. The van der Waals surface area contributed by atoms with Gasteiger partial charge in [-0.25, -0.2) is 0 Å². The van der Waals surface area contributed by atoms with Gasteiger partial charge in [-0.15, -0.1) is 0 Å². The number of rotatable bonds is 4. The summed E-state index contributed by atoms with van der Waals surface area (Å²) in [5.74, 6) is -0.868. The van der Waals surface area contributed by atoms with Crippen LogP contribution < -0.4 is 5.32 Å². The summed E-state index contributed by atoms with van der Waals surface area (Å²) in [6, 6.07) is 9.25. The number of carbonyl (C=O) groups excluding carboxylic acids is 2. The first-order valence-corrected chi connectivity index (χ1v) is 8.54. The first kappa shape index (κ1) is 17.9. The molecule has 1 amide bonds. The molecule has 1 fully saturated rings. The maximum Gasteiger partial charge on any atom is 0.279 e. The summed E-state index contributed by atoms with van der Waals surface area (Å²) >= 11 is 0. The van der Waals surface area contributed by atoms with E-state index in [0.29, 0.717) is 11.3 Å². The van der Waals surface area contributed by atoms with E-state index in [1.807, 2.05) is 49.4 Å². The number of ketones is 1. The van der Waals surface area contributed by atoms with E-state index in [-0.39, 0.29) is 5.70 Å². The maximum atomic E-state index is 12.8. The van der Waals surface area contributed by atoms with Crippen LogP contribution in [0.15, 0.2) is 71.7 Å². The number of aliphatic hydroxyl groups excluding tert-OH is 1. The quantitative estimate of drug-likeness (QED) is 0.646. The highest BCUT2D eigenvalue weighted by atomic mass is 16.5. The second-order valence-electron chi connectivity index (χ2n) is 6.22. The minimum absolute atomic E-state index is 0.249. The Morgan fingerprint density at radius 2 is 1.96 bits per heavy atom. The first-order valence-electron chi connectivity index (χ1n) is 8.54. The van der Waals surface area contributed by atoms with Crippen molar-refractivity contribution >= 4 is 17.8 Å². The summed E-state index contributed by atoms with van der Waals surface area (Å²) in [4.78, 5) is 25.3. The molecule has 2 atom stereocenters. The lowest BCUT2D eigenvalue weighted by atomic mass is 9.90. The molecule has 2 N–H and O–H groups in total. The Morgan fingerprint density at radius 3 is 2.65 bits per heavy atom. The molecule has 0 radical (unpaired) electrons. The number of Topliss-reactive ketones (excluding diaryl/α,β-unsaturated/α-hetero) is 1. The van der Waals surface area contributed by atoms with E-state index < -0.39 is 23.4 Å². The number of amides is 1. The molecule has 3 rings (SSSR count). The lowest BCUT2D eigenvalue weighted by molar-refractivity contribution is -0.151. The van der Waals surface area contributed by atoms with Gasteiger partial charge in [-0.2, -0.15) is 0 Å². The van der Waals surface area contributed by atoms with Crippen molar-refractivity contribution in [2.75, 3.05) is 0 Å². The van der Waals surface area contributed by atoms with E-state index in [1.165, 1.54) is 0 Å². The van der Waals surface area contributed by atoms with E-state index in [1.54, 1.807) is 25.2 Å². The third kappa shape index (κ3) is 2.91. The fraction of sp³-hybridized carbons (Fsp3) is 0.238. The van der Waals surface area contributed by atoms with Crippen LogP contribution in [-0.2, 0) is 14.3 Å². The van der Waals surface area contributed by atoms with Gasteiger partial charge in [-0.3, -0.25) is 9.59 Å². The molecule has 5 nitrogen and oxygen atoms in total. The Hall–Kier alpha value is -2.92. The normalized spacial score (nSPS) is 27.3. The standard InChI is InChI=1S/C21H21NO4/c1-3-4-5-9-12-17-14(2)18(23)21(26-17)19(24)16(22-20(21)25)13-15-10-7-6-8-11-15/h4-13,19,24H,3H2,1-2H3,(H,22,25)/b5-4+,12-9+,16-13-/t19-,21-/m0/s1. The zero-order valence-electron chi connectivity index (χ0n) is 14.7. The monoisotopic (exact) mass is 351 g/mol. The Balaban J connectivity index is 1.90. The van der Waals surface area contributed by atoms with Crippen LogP contribution in [0.4, 0.5) is 0 Å². The van der Waals surface area contributed by atoms with Crippen molar-refractivity contribution < 1.29 is 19.4 Å². The third-order valence-corrected chi connectivity index (χ3v) is 4.45. The van der Waals surface area contributed by atoms with Crippen molar-refractivity contribution in [3.8, 4) is 0 Å². The van der Waals surface area contributed by atoms with Crippen LogP contribution in [0.1, 0.15) is 25.8 Å². The highest BCUT2D eigenvalue weighted by Gasteiger charge is 2.64. The van der Waals surface area contributed by atoms with E-state index in [4.69, 9.17) is 4.74 Å². The largest absolute Gasteiger partial charge is 0.465 e. The number of nitrogens with one attached hydrogen (secondary N) is 1. The van der Waals surface area contributed by atoms with E-state index >= 15 is 0 Å². The molecule has 0 bridgehead atoms. The van der Waals surface area contributed by atoms with E-state index in [9.17, 15) is 14.7 Å². The van der Waals surface area contributed by atoms with Crippen LogP contribution >= 0.6 is 0 Å². The van der Waals surface area contributed by atoms with Crippen molar-refractivity contribution in [3.63, 3.8) is 0 Å². The van der Waals surface area contributed by atoms with Crippen molar-refractivity contribution in [3.05, 3.63) is 77.2 Å². The molecule has 0 saturated carbocycles. The Kier molecular flexibility index (Phi) is 4.91. The predicted molar refractivity (Wildman–Crippen MR) is 98.7 cm³/mol. The summed E-state index contributed by atoms with van der Waals surface area (Å²) in [5.41, 5.74) is -0.572. The maximum absolute atomic E-state index is 12.8. The molecular weight excluding hydrogens is 330 g/mol. The molecule has 26 heavy (non-hydrogen) atoms. The topological polar surface area (TPSA) is 75.6 Å². The van der Waals surface area contributed by atoms with Gasteiger partial charge < -0.3 is 15.2 Å². The zero-order valence-corrected chi connectivity index (χ0v) is 14.7. The minimum atomic E-state index is -1.95. The van der Waals surface area contributed by atoms with Crippen molar-refractivity contribution in [2.24, 2.45) is 0 Å². The summed E-state index contributed by atoms with van der Waals surface area (Å²) in [5, 5.41) is 13.3. The van der Waals surface area contributed by atoms with Gasteiger partial charge in [0.25, 0.3) is 11.5 Å². The van der Waals surface area contributed by atoms with Gasteiger partial charge in [-0.05, 0) is 31.1 Å². The second kappa shape index (κ2) is 7.14. The smallest absolute Gasteiger partial charge is 0.279 e. The van der Waals surface area contributed by atoms with Crippen LogP contribution in [0.3, 0.4) is 0 Å². The SMILES string of the molecule is CC/C=C/C=C/C1=C(C)C(=O)[C@@]2(O1)C(=O)N/C(=C\c1ccccc1)[C@@H]2O. The van der Waals surface area contributed by atoms with Gasteiger partial charge in [0.05, 0.1) is 5.70 Å². The van der Waals surface area contributed by atoms with Crippen molar-refractivity contribution in [2.45, 2.75) is 32.0 Å². The first-order chi connectivity index (χ1) is 12.5. The molecule has 134 valence electrons. The van der Waals surface area contributed by atoms with Gasteiger partial charge >= 0.3 is 0 Å². The number of carbonyl (C=O) groups is 2. The van der Waals surface area contributed by atoms with Crippen LogP contribution in [-0.4, -0.2) is 28.5 Å². The summed E-state index contributed by atoms with van der Waals surface area (Å²) < 4.78 is 5.71. The summed E-state index contributed by atoms with van der Waals surface area (Å²) in [7, 11) is 0. The summed E-state index contributed by atoms with van der Waals surface area (Å²) in [6.07, 6.45) is 8.31. The van der Waals surface area contributed by atoms with Crippen LogP contribution in [0.25, 0.3) is 6.08 Å². The molecule has 1 aromatic rings. The fourth-order valence-corrected chi connectivity index (χ4v) is 3.01. The molecule has 2 aliphatic rings. The van der Waals surface area contributed by atoms with Crippen LogP contribution in [0.5, 0.6) is 0 Å². The average Bonchev–Trinajstić information content (AvgIpc) is 3.03. The number of allylic oxidation sites excluding steroid dienone is 4. The number of hydrogen-bond donors (Lipinski definition) is 2. The Bertz CT molecular complexity index is 848. The van der Waals surface area contributed by atoms with Gasteiger partial charge in [0.15, 0.2) is 6.10 Å². The Morgan fingerprint density at radius 1 is 1.23 bits per heavy atom. The second-order valence-corrected chi connectivity index (χ2v) is 6.22. The predicted octanol–water partition coefficient (Wildman–Crippen LogP) is 2.65. The number of benzene rings is 1. The number of hydrogen-bond acceptors (Lipinski definition) is 4. The van der Waals surface area contributed by atoms with Gasteiger partial charge in [0.1, 0.15) is 5.76 Å². The molecule has 2 heterocycles. The molecule has 1 spiro atoms. The number of ether oxygens (including phenoxy) is 1. The highest BCUT2D eigenvalue weighted by molar-refractivity contribution is 6.21. The fourth-order valence-electron chi connectivity index (χ4n) is 3.01. The molecule has 1 saturated heterocycles. The molecule has 0 aliphatic carbocycles. The summed E-state index contributed by atoms with van der Waals surface area (Å²) in [6.45, 7) is 3.61. The molecular formula is C21H21NO4. The van der Waals surface area contributed by atoms with Gasteiger partial charge in [-0.1, -0.05) is 55.5 Å². The van der Waals surface area contributed by atoms with Gasteiger partial charge in [0.2, 0.25) is 5.78 Å².